The van der Waals surface area contributed by atoms with Crippen LogP contribution < -0.4 is 5.32 Å². The van der Waals surface area contributed by atoms with E-state index in [0.29, 0.717) is 12.8 Å². The molecule has 390 valence electrons. The zero-order valence-electron chi connectivity index (χ0n) is 42.0. The highest BCUT2D eigenvalue weighted by atomic mass is 31.2. The Hall–Kier alpha value is -2.68. The monoisotopic (exact) mass is 973 g/mol. The summed E-state index contributed by atoms with van der Waals surface area (Å²) in [6.45, 7) is 3.34. The van der Waals surface area contributed by atoms with Crippen molar-refractivity contribution in [3.8, 4) is 0 Å². The lowest BCUT2D eigenvalue weighted by Crippen LogP contribution is -2.33. The second-order valence-corrected chi connectivity index (χ2v) is 19.4. The van der Waals surface area contributed by atoms with Gasteiger partial charge in [-0.1, -0.05) is 194 Å². The van der Waals surface area contributed by atoms with Gasteiger partial charge in [0.1, 0.15) is 13.2 Å². The molecule has 16 heteroatoms. The maximum atomic E-state index is 12.8. The number of hydrogen-bond acceptors (Lipinski definition) is 12. The van der Waals surface area contributed by atoms with Gasteiger partial charge in [0.05, 0.1) is 39.6 Å². The minimum atomic E-state index is -4.63. The first kappa shape index (κ1) is 62.3. The summed E-state index contributed by atoms with van der Waals surface area (Å²) in [5.41, 5.74) is 0. The summed E-state index contributed by atoms with van der Waals surface area (Å²) < 4.78 is 44.4. The topological polar surface area (TPSA) is 193 Å². The number of hydrogen-bond donors (Lipinski definition) is 2. The van der Waals surface area contributed by atoms with Crippen molar-refractivity contribution in [2.75, 3.05) is 59.3 Å². The summed E-state index contributed by atoms with van der Waals surface area (Å²) in [5, 5.41) is 2.50. The van der Waals surface area contributed by atoms with E-state index in [-0.39, 0.29) is 65.6 Å². The van der Waals surface area contributed by atoms with E-state index < -0.39 is 50.2 Å². The third-order valence-electron chi connectivity index (χ3n) is 11.8. The molecule has 0 saturated carbocycles. The van der Waals surface area contributed by atoms with E-state index in [2.05, 4.69) is 19.2 Å². The molecule has 1 heterocycles. The van der Waals surface area contributed by atoms with Crippen LogP contribution in [0.15, 0.2) is 12.2 Å². The Labute approximate surface area is 404 Å². The molecule has 1 aliphatic rings. The number of phosphoric ester groups is 1. The SMILES string of the molecule is CCCCCCCCCCCCCCCCCC(=O)OCC(COP(=O)(O)OCCNC(=O)COCCOCCN1C(=O)C=CC1=O)OC(=O)CCCCCCCCCCCCCCCCC. The number of carbonyl (C=O) groups excluding carboxylic acids is 5. The fraction of sp³-hybridized carbons (Fsp3) is 0.863. The zero-order valence-corrected chi connectivity index (χ0v) is 42.9. The number of nitrogens with zero attached hydrogens (tertiary/aromatic N) is 1. The number of amides is 3. The van der Waals surface area contributed by atoms with Crippen LogP contribution in [0.2, 0.25) is 0 Å². The van der Waals surface area contributed by atoms with Crippen molar-refractivity contribution in [3.63, 3.8) is 0 Å². The average molecular weight is 973 g/mol. The van der Waals surface area contributed by atoms with Crippen molar-refractivity contribution >= 4 is 37.5 Å². The molecule has 2 unspecified atom stereocenters. The Bertz CT molecular complexity index is 1330. The minimum Gasteiger partial charge on any atom is -0.462 e. The normalized spacial score (nSPS) is 13.9. The summed E-state index contributed by atoms with van der Waals surface area (Å²) in [4.78, 5) is 72.0. The van der Waals surface area contributed by atoms with Crippen LogP contribution >= 0.6 is 7.82 Å². The van der Waals surface area contributed by atoms with Crippen molar-refractivity contribution < 1.29 is 61.4 Å². The fourth-order valence-corrected chi connectivity index (χ4v) is 8.46. The van der Waals surface area contributed by atoms with Crippen molar-refractivity contribution in [1.29, 1.82) is 0 Å². The predicted octanol–water partition coefficient (Wildman–Crippen LogP) is 11.2. The lowest BCUT2D eigenvalue weighted by molar-refractivity contribution is -0.161. The van der Waals surface area contributed by atoms with E-state index in [9.17, 15) is 33.4 Å². The van der Waals surface area contributed by atoms with Crippen LogP contribution in [0.3, 0.4) is 0 Å². The zero-order chi connectivity index (χ0) is 48.9. The van der Waals surface area contributed by atoms with Crippen LogP contribution in [0.4, 0.5) is 0 Å². The molecule has 0 saturated heterocycles. The van der Waals surface area contributed by atoms with Gasteiger partial charge in [0.15, 0.2) is 6.10 Å². The number of nitrogens with one attached hydrogen (secondary N) is 1. The lowest BCUT2D eigenvalue weighted by Gasteiger charge is -2.20. The summed E-state index contributed by atoms with van der Waals surface area (Å²) in [7, 11) is -4.63. The van der Waals surface area contributed by atoms with Crippen LogP contribution in [-0.2, 0) is 56.5 Å². The molecule has 2 atom stereocenters. The third-order valence-corrected chi connectivity index (χ3v) is 12.7. The van der Waals surface area contributed by atoms with E-state index in [4.69, 9.17) is 28.0 Å². The van der Waals surface area contributed by atoms with Gasteiger partial charge in [0.2, 0.25) is 5.91 Å². The first-order valence-electron chi connectivity index (χ1n) is 26.5. The van der Waals surface area contributed by atoms with Crippen LogP contribution in [0, 0.1) is 0 Å². The average Bonchev–Trinajstić information content (AvgIpc) is 3.63. The van der Waals surface area contributed by atoms with E-state index >= 15 is 0 Å². The molecular weight excluding hydrogens is 880 g/mol. The maximum Gasteiger partial charge on any atom is 0.472 e. The Morgan fingerprint density at radius 3 is 1.43 bits per heavy atom. The molecule has 0 aliphatic carbocycles. The van der Waals surface area contributed by atoms with Crippen molar-refractivity contribution in [2.45, 2.75) is 225 Å². The first-order chi connectivity index (χ1) is 32.6. The molecule has 1 rings (SSSR count). The molecule has 0 aromatic heterocycles. The standard InChI is InChI=1S/C51H93N2O13P/c1-3-5-7-9-11-13-15-17-19-21-23-25-27-29-31-33-50(57)63-43-46(66-51(58)34-32-30-28-26-24-22-20-18-16-14-12-10-8-6-4-2)44-65-67(59,60)64-39-37-52-47(54)45-62-42-41-61-40-38-53-48(55)35-36-49(53)56/h35-36,46H,3-34,37-45H2,1-2H3,(H,52,54)(H,59,60). The highest BCUT2D eigenvalue weighted by molar-refractivity contribution is 7.47. The van der Waals surface area contributed by atoms with Gasteiger partial charge >= 0.3 is 19.8 Å². The predicted molar refractivity (Wildman–Crippen MR) is 262 cm³/mol. The van der Waals surface area contributed by atoms with Gasteiger partial charge in [-0.05, 0) is 12.8 Å². The second-order valence-electron chi connectivity index (χ2n) is 18.0. The quantitative estimate of drug-likeness (QED) is 0.0253. The van der Waals surface area contributed by atoms with E-state index in [1.54, 1.807) is 0 Å². The lowest BCUT2D eigenvalue weighted by atomic mass is 10.0. The van der Waals surface area contributed by atoms with Crippen molar-refractivity contribution in [1.82, 2.24) is 10.2 Å². The van der Waals surface area contributed by atoms with Crippen LogP contribution in [0.25, 0.3) is 0 Å². The van der Waals surface area contributed by atoms with Gasteiger partial charge in [-0.2, -0.15) is 0 Å². The number of unbranched alkanes of at least 4 members (excludes halogenated alkanes) is 28. The highest BCUT2D eigenvalue weighted by Gasteiger charge is 2.26. The van der Waals surface area contributed by atoms with Gasteiger partial charge in [0.25, 0.3) is 11.8 Å². The van der Waals surface area contributed by atoms with Crippen LogP contribution in [0.5, 0.6) is 0 Å². The second kappa shape index (κ2) is 44.5. The smallest absolute Gasteiger partial charge is 0.462 e. The molecule has 0 aromatic rings. The van der Waals surface area contributed by atoms with Gasteiger partial charge in [-0.25, -0.2) is 4.57 Å². The molecule has 15 nitrogen and oxygen atoms in total. The molecule has 0 aromatic carbocycles. The number of carbonyl (C=O) groups is 5. The molecule has 1 aliphatic heterocycles. The number of imide groups is 1. The number of rotatable bonds is 50. The molecular formula is C51H93N2O13P. The minimum absolute atomic E-state index is 0.0871. The maximum absolute atomic E-state index is 12.8. The third kappa shape index (κ3) is 39.8. The summed E-state index contributed by atoms with van der Waals surface area (Å²) >= 11 is 0. The molecule has 0 spiro atoms. The van der Waals surface area contributed by atoms with E-state index in [1.165, 1.54) is 153 Å². The molecule has 0 fully saturated rings. The Kier molecular flexibility index (Phi) is 41.4. The first-order valence-corrected chi connectivity index (χ1v) is 28.0. The van der Waals surface area contributed by atoms with E-state index in [1.807, 2.05) is 0 Å². The Morgan fingerprint density at radius 1 is 0.552 bits per heavy atom. The van der Waals surface area contributed by atoms with E-state index in [0.717, 1.165) is 43.4 Å². The molecule has 67 heavy (non-hydrogen) atoms. The van der Waals surface area contributed by atoms with Crippen LogP contribution in [0.1, 0.15) is 219 Å². The molecule has 0 bridgehead atoms. The Balaban J connectivity index is 2.34. The van der Waals surface area contributed by atoms with Gasteiger partial charge < -0.3 is 29.2 Å². The number of esters is 2. The fourth-order valence-electron chi connectivity index (χ4n) is 7.71. The van der Waals surface area contributed by atoms with Gasteiger partial charge in [0, 0.05) is 31.5 Å². The Morgan fingerprint density at radius 2 is 0.970 bits per heavy atom. The molecule has 2 N–H and O–H groups in total. The molecule has 3 amide bonds. The number of phosphoric acid groups is 1. The van der Waals surface area contributed by atoms with Gasteiger partial charge in [-0.3, -0.25) is 37.9 Å². The highest BCUT2D eigenvalue weighted by Crippen LogP contribution is 2.43. The molecule has 0 radical (unpaired) electrons. The summed E-state index contributed by atoms with van der Waals surface area (Å²) in [5.74, 6) is -2.21. The van der Waals surface area contributed by atoms with Gasteiger partial charge in [-0.15, -0.1) is 0 Å². The van der Waals surface area contributed by atoms with Crippen LogP contribution in [-0.4, -0.2) is 105 Å². The van der Waals surface area contributed by atoms with Crippen molar-refractivity contribution in [2.24, 2.45) is 0 Å². The largest absolute Gasteiger partial charge is 0.472 e. The number of ether oxygens (including phenoxy) is 4. The summed E-state index contributed by atoms with van der Waals surface area (Å²) in [6, 6.07) is 0. The van der Waals surface area contributed by atoms with Crippen molar-refractivity contribution in [3.05, 3.63) is 12.2 Å². The summed E-state index contributed by atoms with van der Waals surface area (Å²) in [6.07, 6.45) is 38.2.